The van der Waals surface area contributed by atoms with Crippen LogP contribution in [0, 0.1) is 0 Å². The van der Waals surface area contributed by atoms with Crippen LogP contribution in [-0.2, 0) is 4.79 Å². The van der Waals surface area contributed by atoms with Gasteiger partial charge < -0.3 is 19.5 Å². The number of carboxylic acids is 1. The van der Waals surface area contributed by atoms with Crippen LogP contribution in [0.1, 0.15) is 43.2 Å². The van der Waals surface area contributed by atoms with Gasteiger partial charge in [-0.1, -0.05) is 18.2 Å². The Hall–Kier alpha value is -3.93. The monoisotopic (exact) mass is 544 g/mol. The number of fused-ring (bicyclic) bond motifs is 3. The van der Waals surface area contributed by atoms with E-state index in [1.54, 1.807) is 18.5 Å². The van der Waals surface area contributed by atoms with Gasteiger partial charge in [-0.3, -0.25) is 9.36 Å². The highest BCUT2D eigenvalue weighted by Gasteiger charge is 2.38. The average molecular weight is 545 g/mol. The van der Waals surface area contributed by atoms with Crippen molar-refractivity contribution in [3.05, 3.63) is 54.5 Å². The topological polar surface area (TPSA) is 96.5 Å². The number of benzene rings is 1. The third kappa shape index (κ3) is 5.60. The van der Waals surface area contributed by atoms with Crippen molar-refractivity contribution in [3.8, 4) is 5.95 Å². The maximum atomic E-state index is 13.8. The number of piperidine rings is 1. The van der Waals surface area contributed by atoms with E-state index in [1.807, 2.05) is 21.6 Å². The smallest absolute Gasteiger partial charge is 0.475 e. The molecule has 0 radical (unpaired) electrons. The van der Waals surface area contributed by atoms with E-state index in [0.717, 1.165) is 47.9 Å². The Balaban J connectivity index is 0.000000448. The molecule has 1 saturated heterocycles. The van der Waals surface area contributed by atoms with Crippen LogP contribution in [0.2, 0.25) is 0 Å². The van der Waals surface area contributed by atoms with E-state index < -0.39 is 12.1 Å². The number of aromatic nitrogens is 4. The molecule has 9 nitrogen and oxygen atoms in total. The number of amides is 1. The van der Waals surface area contributed by atoms with Gasteiger partial charge in [-0.25, -0.2) is 14.8 Å². The van der Waals surface area contributed by atoms with E-state index >= 15 is 0 Å². The molecule has 1 fully saturated rings. The van der Waals surface area contributed by atoms with E-state index in [2.05, 4.69) is 65.6 Å². The van der Waals surface area contributed by atoms with Crippen molar-refractivity contribution >= 4 is 33.8 Å². The number of rotatable bonds is 4. The highest BCUT2D eigenvalue weighted by Crippen LogP contribution is 2.36. The van der Waals surface area contributed by atoms with Gasteiger partial charge in [-0.05, 0) is 59.0 Å². The Labute approximate surface area is 223 Å². The molecule has 0 saturated carbocycles. The summed E-state index contributed by atoms with van der Waals surface area (Å²) in [6, 6.07) is 13.0. The molecule has 0 unspecified atom stereocenters. The maximum Gasteiger partial charge on any atom is 0.490 e. The quantitative estimate of drug-likeness (QED) is 0.398. The Bertz CT molecular complexity index is 1470. The number of carbonyl (C=O) groups excluding carboxylic acids is 1. The van der Waals surface area contributed by atoms with Gasteiger partial charge in [0, 0.05) is 43.0 Å². The second kappa shape index (κ2) is 11.0. The molecule has 1 aliphatic rings. The lowest BCUT2D eigenvalue weighted by Gasteiger charge is -2.35. The van der Waals surface area contributed by atoms with Crippen LogP contribution >= 0.6 is 0 Å². The molecule has 0 atom stereocenters. The zero-order valence-corrected chi connectivity index (χ0v) is 22.2. The van der Waals surface area contributed by atoms with Crippen molar-refractivity contribution in [3.63, 3.8) is 0 Å². The summed E-state index contributed by atoms with van der Waals surface area (Å²) in [6.07, 6.45) is 0.350. The molecule has 3 aromatic heterocycles. The fraction of sp³-hybridized carbons (Fsp3) is 0.407. The first-order chi connectivity index (χ1) is 18.4. The van der Waals surface area contributed by atoms with Crippen molar-refractivity contribution < 1.29 is 27.9 Å². The number of aliphatic carboxylic acids is 1. The summed E-state index contributed by atoms with van der Waals surface area (Å²) < 4.78 is 36.0. The highest BCUT2D eigenvalue weighted by molar-refractivity contribution is 6.11. The zero-order valence-electron chi connectivity index (χ0n) is 22.2. The largest absolute Gasteiger partial charge is 0.490 e. The first kappa shape index (κ1) is 28.1. The Morgan fingerprint density at radius 1 is 1.03 bits per heavy atom. The summed E-state index contributed by atoms with van der Waals surface area (Å²) in [5, 5.41) is 8.23. The molecule has 39 heavy (non-hydrogen) atoms. The first-order valence-corrected chi connectivity index (χ1v) is 12.6. The van der Waals surface area contributed by atoms with E-state index in [9.17, 15) is 18.0 Å². The predicted octanol–water partition coefficient (Wildman–Crippen LogP) is 4.76. The van der Waals surface area contributed by atoms with Crippen LogP contribution in [0.15, 0.2) is 48.8 Å². The molecule has 4 heterocycles. The predicted molar refractivity (Wildman–Crippen MR) is 141 cm³/mol. The second-order valence-electron chi connectivity index (χ2n) is 9.92. The van der Waals surface area contributed by atoms with Crippen molar-refractivity contribution in [1.29, 1.82) is 0 Å². The lowest BCUT2D eigenvalue weighted by Crippen LogP contribution is -2.44. The van der Waals surface area contributed by atoms with Crippen LogP contribution in [-0.4, -0.2) is 85.3 Å². The molecule has 12 heteroatoms. The molecule has 0 bridgehead atoms. The van der Waals surface area contributed by atoms with Crippen LogP contribution in [0.4, 0.5) is 13.2 Å². The summed E-state index contributed by atoms with van der Waals surface area (Å²) >= 11 is 0. The minimum absolute atomic E-state index is 0.0465. The van der Waals surface area contributed by atoms with Crippen molar-refractivity contribution in [1.82, 2.24) is 28.9 Å². The number of likely N-dealkylation sites (tertiary alicyclic amines) is 1. The van der Waals surface area contributed by atoms with E-state index in [1.165, 1.54) is 0 Å². The summed E-state index contributed by atoms with van der Waals surface area (Å²) in [4.78, 5) is 36.0. The summed E-state index contributed by atoms with van der Waals surface area (Å²) in [7, 11) is 4.23. The maximum absolute atomic E-state index is 13.8. The Morgan fingerprint density at radius 2 is 1.62 bits per heavy atom. The first-order valence-electron chi connectivity index (χ1n) is 12.6. The van der Waals surface area contributed by atoms with Gasteiger partial charge in [0.2, 0.25) is 5.95 Å². The summed E-state index contributed by atoms with van der Waals surface area (Å²) in [6.45, 7) is 5.88. The van der Waals surface area contributed by atoms with E-state index in [4.69, 9.17) is 9.90 Å². The van der Waals surface area contributed by atoms with Crippen molar-refractivity contribution in [2.75, 3.05) is 27.2 Å². The minimum atomic E-state index is -5.08. The molecule has 1 amide bonds. The number of hydrogen-bond acceptors (Lipinski definition) is 5. The molecule has 208 valence electrons. The molecular weight excluding hydrogens is 513 g/mol. The Morgan fingerprint density at radius 3 is 2.15 bits per heavy atom. The fourth-order valence-corrected chi connectivity index (χ4v) is 5.03. The fourth-order valence-electron chi connectivity index (χ4n) is 5.03. The number of para-hydroxylation sites is 1. The standard InChI is InChI=1S/C25H30N6O.C2HF3O2/c1-17(2)30-20-9-6-5-8-19(20)23-21(30)16-22(31(23)25-26-12-7-13-27-25)24(32)29-14-10-18(11-15-29)28(3)4;3-2(4,5)1(6)7/h5-9,12-13,16-18H,10-11,14-15H2,1-4H3;(H,6,7). The van der Waals surface area contributed by atoms with Crippen LogP contribution in [0.5, 0.6) is 0 Å². The molecule has 5 rings (SSSR count). The van der Waals surface area contributed by atoms with Gasteiger partial charge >= 0.3 is 12.1 Å². The van der Waals surface area contributed by atoms with E-state index in [0.29, 0.717) is 17.7 Å². The second-order valence-corrected chi connectivity index (χ2v) is 9.92. The third-order valence-electron chi connectivity index (χ3n) is 6.87. The number of nitrogens with zero attached hydrogens (tertiary/aromatic N) is 6. The van der Waals surface area contributed by atoms with Crippen molar-refractivity contribution in [2.24, 2.45) is 0 Å². The number of hydrogen-bond donors (Lipinski definition) is 1. The molecule has 1 aliphatic heterocycles. The highest BCUT2D eigenvalue weighted by atomic mass is 19.4. The van der Waals surface area contributed by atoms with Gasteiger partial charge in [-0.2, -0.15) is 13.2 Å². The van der Waals surface area contributed by atoms with Gasteiger partial charge in [0.1, 0.15) is 5.69 Å². The van der Waals surface area contributed by atoms with E-state index in [-0.39, 0.29) is 11.9 Å². The third-order valence-corrected chi connectivity index (χ3v) is 6.87. The Kier molecular flexibility index (Phi) is 7.96. The van der Waals surface area contributed by atoms with Crippen LogP contribution in [0.25, 0.3) is 27.9 Å². The summed E-state index contributed by atoms with van der Waals surface area (Å²) in [5.74, 6) is -2.18. The van der Waals surface area contributed by atoms with Gasteiger partial charge in [0.15, 0.2) is 0 Å². The average Bonchev–Trinajstić information content (AvgIpc) is 3.43. The van der Waals surface area contributed by atoms with Crippen LogP contribution in [0.3, 0.4) is 0 Å². The number of halogens is 3. The lowest BCUT2D eigenvalue weighted by atomic mass is 10.0. The molecule has 0 spiro atoms. The SMILES string of the molecule is CC(C)n1c2ccccc2c2c1cc(C(=O)N1CCC(N(C)C)CC1)n2-c1ncccn1.O=C(O)C(F)(F)F. The van der Waals surface area contributed by atoms with Gasteiger partial charge in [0.25, 0.3) is 5.91 Å². The van der Waals surface area contributed by atoms with Crippen molar-refractivity contribution in [2.45, 2.75) is 44.9 Å². The summed E-state index contributed by atoms with van der Waals surface area (Å²) in [5.41, 5.74) is 3.82. The minimum Gasteiger partial charge on any atom is -0.475 e. The number of carboxylic acid groups (broad SMARTS) is 1. The van der Waals surface area contributed by atoms with Gasteiger partial charge in [0.05, 0.1) is 16.6 Å². The van der Waals surface area contributed by atoms with Crippen LogP contribution < -0.4 is 0 Å². The number of alkyl halides is 3. The molecule has 0 aliphatic carbocycles. The molecule has 1 aromatic carbocycles. The normalized spacial score (nSPS) is 14.7. The molecule has 1 N–H and O–H groups in total. The van der Waals surface area contributed by atoms with Gasteiger partial charge in [-0.15, -0.1) is 0 Å². The molecular formula is C27H31F3N6O3. The zero-order chi connectivity index (χ0) is 28.5. The molecule has 4 aromatic rings. The lowest BCUT2D eigenvalue weighted by molar-refractivity contribution is -0.192. The number of carbonyl (C=O) groups is 2.